The lowest BCUT2D eigenvalue weighted by atomic mass is 9.86. The van der Waals surface area contributed by atoms with Crippen LogP contribution in [0.2, 0.25) is 0 Å². The SMILES string of the molecule is CCN(Cc1ccc(OC)c(F)c1)C(=O)N[C@H]1CCCC[C@@H]1C. The van der Waals surface area contributed by atoms with Crippen molar-refractivity contribution in [3.63, 3.8) is 0 Å². The van der Waals surface area contributed by atoms with Gasteiger partial charge in [0.2, 0.25) is 0 Å². The zero-order valence-electron chi connectivity index (χ0n) is 14.3. The molecular weight excluding hydrogens is 295 g/mol. The largest absolute Gasteiger partial charge is 0.494 e. The number of halogens is 1. The lowest BCUT2D eigenvalue weighted by Gasteiger charge is -2.32. The maximum absolute atomic E-state index is 13.8. The zero-order chi connectivity index (χ0) is 16.8. The van der Waals surface area contributed by atoms with Crippen molar-refractivity contribution in [1.82, 2.24) is 10.2 Å². The Morgan fingerprint density at radius 3 is 2.74 bits per heavy atom. The number of benzene rings is 1. The number of methoxy groups -OCH3 is 1. The Hall–Kier alpha value is -1.78. The van der Waals surface area contributed by atoms with Crippen molar-refractivity contribution in [2.75, 3.05) is 13.7 Å². The van der Waals surface area contributed by atoms with Crippen molar-refractivity contribution >= 4 is 6.03 Å². The fourth-order valence-electron chi connectivity index (χ4n) is 3.14. The molecule has 5 heteroatoms. The normalized spacial score (nSPS) is 20.9. The molecule has 1 aliphatic rings. The molecule has 0 aliphatic heterocycles. The minimum atomic E-state index is -0.401. The molecule has 1 aliphatic carbocycles. The number of amides is 2. The fraction of sp³-hybridized carbons (Fsp3) is 0.611. The van der Waals surface area contributed by atoms with Crippen LogP contribution >= 0.6 is 0 Å². The summed E-state index contributed by atoms with van der Waals surface area (Å²) in [5.74, 6) is 0.337. The van der Waals surface area contributed by atoms with E-state index in [0.717, 1.165) is 12.0 Å². The van der Waals surface area contributed by atoms with E-state index < -0.39 is 5.82 Å². The molecule has 1 fully saturated rings. The lowest BCUT2D eigenvalue weighted by Crippen LogP contribution is -2.47. The van der Waals surface area contributed by atoms with Crippen LogP contribution in [0.5, 0.6) is 5.75 Å². The predicted molar refractivity (Wildman–Crippen MR) is 89.0 cm³/mol. The summed E-state index contributed by atoms with van der Waals surface area (Å²) in [6.07, 6.45) is 4.63. The summed E-state index contributed by atoms with van der Waals surface area (Å²) in [6, 6.07) is 5.00. The highest BCUT2D eigenvalue weighted by molar-refractivity contribution is 5.74. The summed E-state index contributed by atoms with van der Waals surface area (Å²) in [6.45, 7) is 5.11. The van der Waals surface area contributed by atoms with E-state index in [1.165, 1.54) is 32.4 Å². The summed E-state index contributed by atoms with van der Waals surface area (Å²) in [7, 11) is 1.44. The second-order valence-electron chi connectivity index (χ2n) is 6.30. The number of carbonyl (C=O) groups is 1. The van der Waals surface area contributed by atoms with Crippen LogP contribution in [-0.4, -0.2) is 30.6 Å². The topological polar surface area (TPSA) is 41.6 Å². The molecule has 4 nitrogen and oxygen atoms in total. The maximum atomic E-state index is 13.8. The molecule has 0 radical (unpaired) electrons. The van der Waals surface area contributed by atoms with Crippen LogP contribution in [0.1, 0.15) is 45.1 Å². The number of nitrogens with one attached hydrogen (secondary N) is 1. The van der Waals surface area contributed by atoms with Gasteiger partial charge in [-0.25, -0.2) is 9.18 Å². The van der Waals surface area contributed by atoms with Crippen LogP contribution in [0.4, 0.5) is 9.18 Å². The number of rotatable bonds is 5. The standard InChI is InChI=1S/C18H27FN2O2/c1-4-21(12-14-9-10-17(23-3)15(19)11-14)18(22)20-16-8-6-5-7-13(16)2/h9-11,13,16H,4-8,12H2,1-3H3,(H,20,22)/t13-,16-/m0/s1. The van der Waals surface area contributed by atoms with Gasteiger partial charge in [0.05, 0.1) is 7.11 Å². The number of nitrogens with zero attached hydrogens (tertiary/aromatic N) is 1. The fourth-order valence-corrected chi connectivity index (χ4v) is 3.14. The number of hydrogen-bond donors (Lipinski definition) is 1. The summed E-state index contributed by atoms with van der Waals surface area (Å²) in [5, 5.41) is 3.15. The molecule has 1 aromatic rings. The molecule has 2 amide bonds. The Kier molecular flexibility index (Phi) is 6.25. The molecule has 2 atom stereocenters. The van der Waals surface area contributed by atoms with Crippen molar-refractivity contribution < 1.29 is 13.9 Å². The highest BCUT2D eigenvalue weighted by Gasteiger charge is 2.24. The Labute approximate surface area is 138 Å². The molecule has 0 heterocycles. The molecule has 1 N–H and O–H groups in total. The molecule has 0 saturated heterocycles. The lowest BCUT2D eigenvalue weighted by molar-refractivity contribution is 0.182. The average molecular weight is 322 g/mol. The number of carbonyl (C=O) groups excluding carboxylic acids is 1. The molecule has 1 aromatic carbocycles. The average Bonchev–Trinajstić information content (AvgIpc) is 2.54. The number of hydrogen-bond acceptors (Lipinski definition) is 2. The van der Waals surface area contributed by atoms with E-state index in [4.69, 9.17) is 4.74 Å². The van der Waals surface area contributed by atoms with Crippen LogP contribution in [0.3, 0.4) is 0 Å². The van der Waals surface area contributed by atoms with Crippen LogP contribution in [-0.2, 0) is 6.54 Å². The van der Waals surface area contributed by atoms with Crippen LogP contribution in [0.25, 0.3) is 0 Å². The van der Waals surface area contributed by atoms with Gasteiger partial charge in [-0.2, -0.15) is 0 Å². The number of urea groups is 1. The van der Waals surface area contributed by atoms with Gasteiger partial charge in [-0.15, -0.1) is 0 Å². The molecular formula is C18H27FN2O2. The van der Waals surface area contributed by atoms with Crippen molar-refractivity contribution in [3.8, 4) is 5.75 Å². The Balaban J connectivity index is 1.98. The van der Waals surface area contributed by atoms with E-state index in [2.05, 4.69) is 12.2 Å². The molecule has 0 bridgehead atoms. The van der Waals surface area contributed by atoms with Crippen LogP contribution < -0.4 is 10.1 Å². The van der Waals surface area contributed by atoms with Gasteiger partial charge in [-0.1, -0.05) is 25.8 Å². The monoisotopic (exact) mass is 322 g/mol. The minimum absolute atomic E-state index is 0.0672. The smallest absolute Gasteiger partial charge is 0.317 e. The van der Waals surface area contributed by atoms with Crippen LogP contribution in [0.15, 0.2) is 18.2 Å². The highest BCUT2D eigenvalue weighted by atomic mass is 19.1. The first kappa shape index (κ1) is 17.6. The molecule has 0 aromatic heterocycles. The first-order valence-corrected chi connectivity index (χ1v) is 8.43. The van der Waals surface area contributed by atoms with E-state index >= 15 is 0 Å². The van der Waals surface area contributed by atoms with Gasteiger partial charge in [0, 0.05) is 19.1 Å². The number of ether oxygens (including phenoxy) is 1. The summed E-state index contributed by atoms with van der Waals surface area (Å²) in [4.78, 5) is 14.2. The third kappa shape index (κ3) is 4.60. The van der Waals surface area contributed by atoms with Crippen molar-refractivity contribution in [2.45, 2.75) is 52.1 Å². The van der Waals surface area contributed by atoms with Gasteiger partial charge in [-0.3, -0.25) is 0 Å². The van der Waals surface area contributed by atoms with Gasteiger partial charge in [0.15, 0.2) is 11.6 Å². The molecule has 1 saturated carbocycles. The van der Waals surface area contributed by atoms with E-state index in [0.29, 0.717) is 19.0 Å². The van der Waals surface area contributed by atoms with E-state index in [1.807, 2.05) is 6.92 Å². The summed E-state index contributed by atoms with van der Waals surface area (Å²) in [5.41, 5.74) is 0.761. The zero-order valence-corrected chi connectivity index (χ0v) is 14.3. The predicted octanol–water partition coefficient (Wildman–Crippen LogP) is 3.94. The second kappa shape index (κ2) is 8.18. The Morgan fingerprint density at radius 2 is 2.13 bits per heavy atom. The second-order valence-corrected chi connectivity index (χ2v) is 6.30. The van der Waals surface area contributed by atoms with Gasteiger partial charge >= 0.3 is 6.03 Å². The molecule has 23 heavy (non-hydrogen) atoms. The van der Waals surface area contributed by atoms with Gasteiger partial charge < -0.3 is 15.0 Å². The Bertz CT molecular complexity index is 536. The van der Waals surface area contributed by atoms with E-state index in [9.17, 15) is 9.18 Å². The van der Waals surface area contributed by atoms with Gasteiger partial charge in [-0.05, 0) is 43.4 Å². The van der Waals surface area contributed by atoms with Crippen molar-refractivity contribution in [1.29, 1.82) is 0 Å². The van der Waals surface area contributed by atoms with Gasteiger partial charge in [0.25, 0.3) is 0 Å². The molecule has 0 spiro atoms. The minimum Gasteiger partial charge on any atom is -0.494 e. The van der Waals surface area contributed by atoms with Crippen LogP contribution in [0, 0.1) is 11.7 Å². The molecule has 128 valence electrons. The molecule has 2 rings (SSSR count). The third-order valence-corrected chi connectivity index (χ3v) is 4.68. The van der Waals surface area contributed by atoms with Crippen molar-refractivity contribution in [2.24, 2.45) is 5.92 Å². The summed E-state index contributed by atoms with van der Waals surface area (Å²) >= 11 is 0. The Morgan fingerprint density at radius 1 is 1.39 bits per heavy atom. The van der Waals surface area contributed by atoms with Gasteiger partial charge in [0.1, 0.15) is 0 Å². The first-order valence-electron chi connectivity index (χ1n) is 8.43. The maximum Gasteiger partial charge on any atom is 0.317 e. The van der Waals surface area contributed by atoms with Crippen molar-refractivity contribution in [3.05, 3.63) is 29.6 Å². The third-order valence-electron chi connectivity index (χ3n) is 4.68. The first-order chi connectivity index (χ1) is 11.0. The van der Waals surface area contributed by atoms with E-state index in [-0.39, 0.29) is 17.8 Å². The highest BCUT2D eigenvalue weighted by Crippen LogP contribution is 2.24. The summed E-state index contributed by atoms with van der Waals surface area (Å²) < 4.78 is 18.7. The van der Waals surface area contributed by atoms with E-state index in [1.54, 1.807) is 17.0 Å². The molecule has 0 unspecified atom stereocenters. The quantitative estimate of drug-likeness (QED) is 0.892.